The van der Waals surface area contributed by atoms with Crippen molar-refractivity contribution in [3.63, 3.8) is 0 Å². The lowest BCUT2D eigenvalue weighted by Crippen LogP contribution is -2.53. The molecule has 0 radical (unpaired) electrons. The highest BCUT2D eigenvalue weighted by Gasteiger charge is 2.37. The molecular formula is C12H17N3O4. The number of piperidine rings is 1. The molecule has 0 aromatic rings. The zero-order chi connectivity index (χ0) is 14.2. The lowest BCUT2D eigenvalue weighted by atomic mass is 9.93. The van der Waals surface area contributed by atoms with E-state index in [9.17, 15) is 14.4 Å². The van der Waals surface area contributed by atoms with Crippen LogP contribution in [0.1, 0.15) is 27.2 Å². The summed E-state index contributed by atoms with van der Waals surface area (Å²) in [5.74, 6) is -0.741. The van der Waals surface area contributed by atoms with Crippen molar-refractivity contribution < 1.29 is 19.1 Å². The lowest BCUT2D eigenvalue weighted by molar-refractivity contribution is -0.122. The third-order valence-electron chi connectivity index (χ3n) is 2.89. The maximum absolute atomic E-state index is 11.9. The van der Waals surface area contributed by atoms with Gasteiger partial charge >= 0.3 is 12.1 Å². The van der Waals surface area contributed by atoms with E-state index in [1.807, 2.05) is 0 Å². The van der Waals surface area contributed by atoms with Gasteiger partial charge in [-0.3, -0.25) is 10.1 Å². The second-order valence-electron chi connectivity index (χ2n) is 5.64. The van der Waals surface area contributed by atoms with Crippen LogP contribution in [0.4, 0.5) is 9.59 Å². The quantitative estimate of drug-likeness (QED) is 0.707. The molecule has 0 spiro atoms. The van der Waals surface area contributed by atoms with Crippen LogP contribution in [0.15, 0.2) is 4.99 Å². The average Bonchev–Trinajstić information content (AvgIpc) is 2.25. The van der Waals surface area contributed by atoms with Gasteiger partial charge in [-0.15, -0.1) is 0 Å². The number of likely N-dealkylation sites (tertiary alicyclic amines) is 1. The predicted octanol–water partition coefficient (Wildman–Crippen LogP) is 0.934. The molecule has 7 nitrogen and oxygen atoms in total. The van der Waals surface area contributed by atoms with Crippen LogP contribution >= 0.6 is 0 Å². The van der Waals surface area contributed by atoms with Gasteiger partial charge in [0.05, 0.1) is 18.2 Å². The molecule has 2 aliphatic rings. The van der Waals surface area contributed by atoms with Gasteiger partial charge in [-0.25, -0.2) is 9.59 Å². The van der Waals surface area contributed by atoms with Crippen LogP contribution in [0, 0.1) is 5.92 Å². The van der Waals surface area contributed by atoms with Crippen LogP contribution in [0.25, 0.3) is 0 Å². The molecule has 0 bridgehead atoms. The van der Waals surface area contributed by atoms with E-state index in [1.54, 1.807) is 20.8 Å². The van der Waals surface area contributed by atoms with Crippen LogP contribution in [0.3, 0.4) is 0 Å². The standard InChI is InChI=1S/C12H17N3O4/c1-12(2,3)19-11(18)15-5-4-7-8(6-15)13-10(17)14-9(7)16/h7H,4-6H2,1-3H3,(H,14,16,17). The van der Waals surface area contributed by atoms with E-state index in [1.165, 1.54) is 4.90 Å². The Morgan fingerprint density at radius 1 is 1.42 bits per heavy atom. The van der Waals surface area contributed by atoms with E-state index in [4.69, 9.17) is 4.74 Å². The van der Waals surface area contributed by atoms with Crippen LogP contribution in [-0.4, -0.2) is 47.3 Å². The highest BCUT2D eigenvalue weighted by atomic mass is 16.6. The number of nitrogens with one attached hydrogen (secondary N) is 1. The van der Waals surface area contributed by atoms with Gasteiger partial charge in [0, 0.05) is 6.54 Å². The summed E-state index contributed by atoms with van der Waals surface area (Å²) >= 11 is 0. The number of urea groups is 1. The molecule has 2 rings (SSSR count). The summed E-state index contributed by atoms with van der Waals surface area (Å²) in [6.07, 6.45) is 0.00377. The smallest absolute Gasteiger partial charge is 0.410 e. The van der Waals surface area contributed by atoms with Gasteiger partial charge < -0.3 is 9.64 Å². The van der Waals surface area contributed by atoms with Crippen molar-refractivity contribution in [1.29, 1.82) is 0 Å². The fraction of sp³-hybridized carbons (Fsp3) is 0.667. The maximum atomic E-state index is 11.9. The minimum Gasteiger partial charge on any atom is -0.444 e. The lowest BCUT2D eigenvalue weighted by Gasteiger charge is -2.34. The Hall–Kier alpha value is -1.92. The van der Waals surface area contributed by atoms with Crippen molar-refractivity contribution in [1.82, 2.24) is 10.2 Å². The van der Waals surface area contributed by atoms with Crippen LogP contribution in [-0.2, 0) is 9.53 Å². The van der Waals surface area contributed by atoms with Crippen LogP contribution in [0.2, 0.25) is 0 Å². The summed E-state index contributed by atoms with van der Waals surface area (Å²) < 4.78 is 5.26. The minimum absolute atomic E-state index is 0.165. The Morgan fingerprint density at radius 3 is 2.74 bits per heavy atom. The van der Waals surface area contributed by atoms with Crippen molar-refractivity contribution >= 4 is 23.7 Å². The molecule has 104 valence electrons. The molecule has 1 fully saturated rings. The molecule has 1 saturated heterocycles. The summed E-state index contributed by atoms with van der Waals surface area (Å²) in [5, 5.41) is 2.16. The normalized spacial score (nSPS) is 23.4. The second-order valence-corrected chi connectivity index (χ2v) is 5.64. The van der Waals surface area contributed by atoms with Gasteiger partial charge in [0.2, 0.25) is 5.91 Å². The molecule has 19 heavy (non-hydrogen) atoms. The molecule has 2 aliphatic heterocycles. The monoisotopic (exact) mass is 267 g/mol. The van der Waals surface area contributed by atoms with Gasteiger partial charge in [-0.1, -0.05) is 0 Å². The minimum atomic E-state index is -0.665. The van der Waals surface area contributed by atoms with Crippen molar-refractivity contribution in [3.8, 4) is 0 Å². The van der Waals surface area contributed by atoms with Crippen molar-refractivity contribution in [2.24, 2.45) is 10.9 Å². The van der Waals surface area contributed by atoms with Gasteiger partial charge in [0.1, 0.15) is 5.60 Å². The summed E-state index contributed by atoms with van der Waals surface area (Å²) in [4.78, 5) is 39.9. The average molecular weight is 267 g/mol. The molecule has 7 heteroatoms. The number of ether oxygens (including phenoxy) is 1. The number of hydrogen-bond donors (Lipinski definition) is 1. The first-order valence-corrected chi connectivity index (χ1v) is 6.16. The van der Waals surface area contributed by atoms with Gasteiger partial charge in [0.25, 0.3) is 0 Å². The number of amides is 4. The molecule has 0 aliphatic carbocycles. The summed E-state index contributed by atoms with van der Waals surface area (Å²) in [6, 6.07) is -0.665. The van der Waals surface area contributed by atoms with Crippen LogP contribution < -0.4 is 5.32 Å². The molecule has 1 atom stereocenters. The summed E-state index contributed by atoms with van der Waals surface area (Å²) in [5.41, 5.74) is -0.138. The van der Waals surface area contributed by atoms with Crippen molar-refractivity contribution in [3.05, 3.63) is 0 Å². The first-order chi connectivity index (χ1) is 8.76. The molecule has 1 N–H and O–H groups in total. The number of rotatable bonds is 0. The number of carbonyl (C=O) groups is 3. The van der Waals surface area contributed by atoms with E-state index in [0.717, 1.165) is 0 Å². The number of hydrogen-bond acceptors (Lipinski definition) is 4. The van der Waals surface area contributed by atoms with E-state index < -0.39 is 23.6 Å². The number of fused-ring (bicyclic) bond motifs is 1. The predicted molar refractivity (Wildman–Crippen MR) is 66.9 cm³/mol. The zero-order valence-electron chi connectivity index (χ0n) is 11.2. The van der Waals surface area contributed by atoms with E-state index >= 15 is 0 Å². The summed E-state index contributed by atoms with van der Waals surface area (Å²) in [7, 11) is 0. The maximum Gasteiger partial charge on any atom is 0.410 e. The molecule has 0 aromatic carbocycles. The first kappa shape index (κ1) is 13.5. The number of imide groups is 1. The molecule has 1 unspecified atom stereocenters. The van der Waals surface area contributed by atoms with Gasteiger partial charge in [-0.05, 0) is 27.2 Å². The van der Waals surface area contributed by atoms with E-state index in [-0.39, 0.29) is 12.5 Å². The van der Waals surface area contributed by atoms with Gasteiger partial charge in [0.15, 0.2) is 0 Å². The van der Waals surface area contributed by atoms with E-state index in [0.29, 0.717) is 18.7 Å². The zero-order valence-corrected chi connectivity index (χ0v) is 11.2. The fourth-order valence-corrected chi connectivity index (χ4v) is 2.07. The molecular weight excluding hydrogens is 250 g/mol. The topological polar surface area (TPSA) is 88.1 Å². The Morgan fingerprint density at radius 2 is 2.11 bits per heavy atom. The third kappa shape index (κ3) is 3.10. The number of nitrogens with zero attached hydrogens (tertiary/aromatic N) is 2. The number of aliphatic imine (C=N–C) groups is 1. The highest BCUT2D eigenvalue weighted by molar-refractivity contribution is 6.17. The van der Waals surface area contributed by atoms with E-state index in [2.05, 4.69) is 10.3 Å². The fourth-order valence-electron chi connectivity index (χ4n) is 2.07. The molecule has 4 amide bonds. The largest absolute Gasteiger partial charge is 0.444 e. The van der Waals surface area contributed by atoms with Crippen LogP contribution in [0.5, 0.6) is 0 Å². The second kappa shape index (κ2) is 4.64. The first-order valence-electron chi connectivity index (χ1n) is 6.16. The Balaban J connectivity index is 2.07. The third-order valence-corrected chi connectivity index (χ3v) is 2.89. The Bertz CT molecular complexity index is 464. The molecule has 0 aromatic heterocycles. The molecule has 2 heterocycles. The Labute approximate surface area is 111 Å². The highest BCUT2D eigenvalue weighted by Crippen LogP contribution is 2.20. The SMILES string of the molecule is CC(C)(C)OC(=O)N1CCC2C(=O)NC(=O)N=C2C1. The molecule has 0 saturated carbocycles. The Kier molecular flexibility index (Phi) is 3.30. The van der Waals surface area contributed by atoms with Crippen molar-refractivity contribution in [2.45, 2.75) is 32.8 Å². The summed E-state index contributed by atoms with van der Waals surface area (Å²) in [6.45, 7) is 5.94. The van der Waals surface area contributed by atoms with Crippen molar-refractivity contribution in [2.75, 3.05) is 13.1 Å². The van der Waals surface area contributed by atoms with Gasteiger partial charge in [-0.2, -0.15) is 4.99 Å². The number of carbonyl (C=O) groups excluding carboxylic acids is 3.